The Morgan fingerprint density at radius 1 is 0.817 bits per heavy atom. The molecule has 3 aromatic heterocycles. The zero-order valence-corrected chi connectivity index (χ0v) is 41.0. The van der Waals surface area contributed by atoms with Gasteiger partial charge in [0.15, 0.2) is 0 Å². The van der Waals surface area contributed by atoms with Gasteiger partial charge in [-0.15, -0.1) is 0 Å². The summed E-state index contributed by atoms with van der Waals surface area (Å²) in [5.74, 6) is 0.646. The molecule has 0 bridgehead atoms. The number of carbonyl (C=O) groups is 5. The van der Waals surface area contributed by atoms with Gasteiger partial charge in [-0.3, -0.25) is 44.2 Å². The lowest BCUT2D eigenvalue weighted by molar-refractivity contribution is -0.136. The number of piperidine rings is 3. The van der Waals surface area contributed by atoms with Crippen LogP contribution < -0.4 is 25.3 Å². The molecule has 20 heteroatoms. The number of allylic oxidation sites excluding steroid dienone is 1. The Kier molecular flexibility index (Phi) is 12.1. The molecule has 370 valence electrons. The molecule has 5 amide bonds. The number of H-pyrrole nitrogens is 1. The highest BCUT2D eigenvalue weighted by Crippen LogP contribution is 2.36. The number of likely N-dealkylation sites (tertiary alicyclic amines) is 1. The number of carbonyl (C=O) groups excluding carboxylic acids is 5. The number of aromatic amines is 1. The molecule has 71 heavy (non-hydrogen) atoms. The van der Waals surface area contributed by atoms with E-state index in [9.17, 15) is 24.0 Å². The molecule has 6 aliphatic heterocycles. The predicted octanol–water partition coefficient (Wildman–Crippen LogP) is 4.46. The van der Waals surface area contributed by atoms with E-state index in [2.05, 4.69) is 70.8 Å². The molecule has 4 fully saturated rings. The van der Waals surface area contributed by atoms with E-state index in [0.717, 1.165) is 109 Å². The second-order valence-corrected chi connectivity index (χ2v) is 20.5. The van der Waals surface area contributed by atoms with Crippen LogP contribution in [0.15, 0.2) is 66.0 Å². The highest BCUT2D eigenvalue weighted by atomic mass is 16.2. The Balaban J connectivity index is 0.656. The van der Waals surface area contributed by atoms with Gasteiger partial charge in [0.2, 0.25) is 17.8 Å². The third kappa shape index (κ3) is 8.59. The van der Waals surface area contributed by atoms with Gasteiger partial charge >= 0.3 is 0 Å². The summed E-state index contributed by atoms with van der Waals surface area (Å²) in [5, 5.41) is 26.2. The number of tetrazole rings is 1. The first kappa shape index (κ1) is 46.3. The van der Waals surface area contributed by atoms with Crippen LogP contribution in [-0.2, 0) is 14.4 Å². The molecule has 0 aliphatic carbocycles. The fourth-order valence-corrected chi connectivity index (χ4v) is 12.0. The summed E-state index contributed by atoms with van der Waals surface area (Å²) in [6.45, 7) is 16.5. The molecule has 11 rings (SSSR count). The summed E-state index contributed by atoms with van der Waals surface area (Å²) in [4.78, 5) is 82.4. The predicted molar refractivity (Wildman–Crippen MR) is 267 cm³/mol. The number of nitrogens with one attached hydrogen (secondary N) is 3. The van der Waals surface area contributed by atoms with E-state index in [1.165, 1.54) is 12.8 Å². The van der Waals surface area contributed by atoms with E-state index in [-0.39, 0.29) is 30.7 Å². The molecule has 20 nitrogen and oxygen atoms in total. The fraction of sp³-hybridized carbons (Fsp3) is 0.490. The van der Waals surface area contributed by atoms with Crippen LogP contribution in [0, 0.1) is 11.8 Å². The molecular formula is C51H61N15O5. The Morgan fingerprint density at radius 2 is 1.55 bits per heavy atom. The molecule has 2 aromatic carbocycles. The van der Waals surface area contributed by atoms with Gasteiger partial charge in [-0.25, -0.2) is 9.67 Å². The van der Waals surface area contributed by atoms with Gasteiger partial charge in [0.25, 0.3) is 17.7 Å². The van der Waals surface area contributed by atoms with E-state index >= 15 is 0 Å². The van der Waals surface area contributed by atoms with Gasteiger partial charge in [-0.05, 0) is 144 Å². The Bertz CT molecular complexity index is 2960. The van der Waals surface area contributed by atoms with Crippen molar-refractivity contribution >= 4 is 63.6 Å². The summed E-state index contributed by atoms with van der Waals surface area (Å²) < 4.78 is 1.65. The summed E-state index contributed by atoms with van der Waals surface area (Å²) in [7, 11) is 1.85. The number of hydrogen-bond donors (Lipinski definition) is 3. The van der Waals surface area contributed by atoms with Gasteiger partial charge in [-0.1, -0.05) is 5.10 Å². The minimum atomic E-state index is -0.965. The van der Waals surface area contributed by atoms with Crippen LogP contribution in [0.2, 0.25) is 0 Å². The number of aromatic nitrogens is 7. The van der Waals surface area contributed by atoms with Crippen molar-refractivity contribution in [1.29, 1.82) is 0 Å². The molecule has 0 saturated carbocycles. The molecule has 0 radical (unpaired) electrons. The number of nitrogens with zero attached hydrogens (tertiary/aromatic N) is 12. The van der Waals surface area contributed by atoms with Crippen molar-refractivity contribution in [2.75, 3.05) is 79.4 Å². The van der Waals surface area contributed by atoms with Crippen molar-refractivity contribution < 1.29 is 24.0 Å². The Labute approximate surface area is 411 Å². The van der Waals surface area contributed by atoms with Crippen LogP contribution in [0.1, 0.15) is 93.0 Å². The quantitative estimate of drug-likeness (QED) is 0.165. The number of rotatable bonds is 10. The summed E-state index contributed by atoms with van der Waals surface area (Å²) in [6.07, 6.45) is 6.61. The molecule has 6 aliphatic rings. The maximum absolute atomic E-state index is 13.8. The fourth-order valence-electron chi connectivity index (χ4n) is 12.0. The van der Waals surface area contributed by atoms with Gasteiger partial charge in [0.05, 0.1) is 28.3 Å². The van der Waals surface area contributed by atoms with Gasteiger partial charge < -0.3 is 24.9 Å². The normalized spacial score (nSPS) is 24.0. The molecule has 5 aromatic rings. The van der Waals surface area contributed by atoms with E-state index in [1.54, 1.807) is 16.8 Å². The van der Waals surface area contributed by atoms with Crippen LogP contribution in [0.4, 0.5) is 23.1 Å². The van der Waals surface area contributed by atoms with Crippen LogP contribution in [0.5, 0.6) is 0 Å². The van der Waals surface area contributed by atoms with Gasteiger partial charge in [0.1, 0.15) is 17.6 Å². The molecule has 4 saturated heterocycles. The lowest BCUT2D eigenvalue weighted by atomic mass is 9.91. The number of hydrogen-bond acceptors (Lipinski definition) is 15. The van der Waals surface area contributed by atoms with E-state index in [1.807, 2.05) is 62.3 Å². The smallest absolute Gasteiger partial charge is 0.262 e. The molecule has 4 atom stereocenters. The highest BCUT2D eigenvalue weighted by molar-refractivity contribution is 6.23. The van der Waals surface area contributed by atoms with Gasteiger partial charge in [-0.2, -0.15) is 5.10 Å². The number of anilines is 4. The first-order valence-corrected chi connectivity index (χ1v) is 25.1. The highest BCUT2D eigenvalue weighted by Gasteiger charge is 2.45. The summed E-state index contributed by atoms with van der Waals surface area (Å²) >= 11 is 0. The molecule has 3 N–H and O–H groups in total. The standard InChI is InChI=1S/C51H61N15O5/c1-29-25-63(43-22-35(12-17-52-43)46-40-23-36(6-9-41(40)55-56-46)53-48(69)45-31(3)60(5)51-57-58-59-66(51)32(45)4)26-30(2)64(29)28-34-13-18-61(19-14-34)27-33-15-20-62(21-16-33)37-7-8-38-39(24-37)50(71)65(49(38)70)42-10-11-44(67)54-47(42)68/h6-9,12,17,22-24,29-30,32-34,42H,10-11,13-16,18-21,25-28H2,1-5H3,(H,53,69)(H,55,56)(H,54,67,68)/t29-,30+,32?,42?. The Hall–Kier alpha value is -7.06. The van der Waals surface area contributed by atoms with E-state index in [0.29, 0.717) is 52.3 Å². The van der Waals surface area contributed by atoms with Crippen molar-refractivity contribution in [1.82, 2.24) is 55.4 Å². The third-order valence-electron chi connectivity index (χ3n) is 16.1. The topological polar surface area (TPSA) is 214 Å². The average Bonchev–Trinajstić information content (AvgIpc) is 4.10. The first-order chi connectivity index (χ1) is 34.3. The molecular weight excluding hydrogens is 903 g/mol. The average molecular weight is 964 g/mol. The first-order valence-electron chi connectivity index (χ1n) is 25.1. The molecule has 0 spiro atoms. The maximum Gasteiger partial charge on any atom is 0.262 e. The van der Waals surface area contributed by atoms with Crippen LogP contribution in [0.25, 0.3) is 22.2 Å². The number of imide groups is 2. The van der Waals surface area contributed by atoms with Crippen molar-refractivity contribution in [3.8, 4) is 11.3 Å². The van der Waals surface area contributed by atoms with E-state index in [4.69, 9.17) is 10.1 Å². The minimum absolute atomic E-state index is 0.0989. The molecule has 9 heterocycles. The number of benzene rings is 2. The van der Waals surface area contributed by atoms with Crippen molar-refractivity contribution in [3.63, 3.8) is 0 Å². The second kappa shape index (κ2) is 18.6. The SMILES string of the molecule is CC1=C(C(=O)Nc2ccc3[nH]nc(-c4ccnc(N5C[C@@H](C)N(CC6CCN(CC7CCN(c8ccc9c(c8)C(=O)N(C8CCC(=O)NC8=O)C9=O)CC7)CC6)[C@@H](C)C5)c4)c3c2)C(C)n2nnnc2N1C. The Morgan fingerprint density at radius 3 is 2.31 bits per heavy atom. The van der Waals surface area contributed by atoms with E-state index < -0.39 is 23.8 Å². The summed E-state index contributed by atoms with van der Waals surface area (Å²) in [5.41, 5.74) is 6.23. The molecule has 2 unspecified atom stereocenters. The van der Waals surface area contributed by atoms with Crippen LogP contribution >= 0.6 is 0 Å². The van der Waals surface area contributed by atoms with Crippen molar-refractivity contribution in [2.24, 2.45) is 11.8 Å². The third-order valence-corrected chi connectivity index (χ3v) is 16.1. The number of amides is 5. The minimum Gasteiger partial charge on any atom is -0.371 e. The number of piperazine rings is 1. The van der Waals surface area contributed by atoms with Crippen molar-refractivity contribution in [3.05, 3.63) is 77.1 Å². The van der Waals surface area contributed by atoms with Crippen LogP contribution in [-0.4, -0.2) is 157 Å². The second-order valence-electron chi connectivity index (χ2n) is 20.5. The number of pyridine rings is 1. The van der Waals surface area contributed by atoms with Gasteiger partial charge in [0, 0.05) is 99.0 Å². The monoisotopic (exact) mass is 963 g/mol. The number of fused-ring (bicyclic) bond motifs is 3. The van der Waals surface area contributed by atoms with Crippen molar-refractivity contribution in [2.45, 2.75) is 90.4 Å². The lowest BCUT2D eigenvalue weighted by Gasteiger charge is -2.47. The lowest BCUT2D eigenvalue weighted by Crippen LogP contribution is -2.58. The van der Waals surface area contributed by atoms with Crippen LogP contribution in [0.3, 0.4) is 0 Å². The zero-order valence-electron chi connectivity index (χ0n) is 41.0. The largest absolute Gasteiger partial charge is 0.371 e. The summed E-state index contributed by atoms with van der Waals surface area (Å²) in [6, 6.07) is 14.8. The maximum atomic E-state index is 13.8. The zero-order chi connectivity index (χ0) is 49.2.